The van der Waals surface area contributed by atoms with Crippen LogP contribution in [0.5, 0.6) is 0 Å². The number of amides is 3. The quantitative estimate of drug-likeness (QED) is 0.325. The zero-order chi connectivity index (χ0) is 27.4. The molecule has 1 aliphatic carbocycles. The smallest absolute Gasteiger partial charge is 0.408 e. The molecule has 3 amide bonds. The number of hydrogen-bond donors (Lipinski definition) is 2. The van der Waals surface area contributed by atoms with Crippen LogP contribution in [0.2, 0.25) is 0 Å². The first-order valence-corrected chi connectivity index (χ1v) is 14.2. The van der Waals surface area contributed by atoms with Gasteiger partial charge in [0.25, 0.3) is 0 Å². The summed E-state index contributed by atoms with van der Waals surface area (Å²) >= 11 is 0. The summed E-state index contributed by atoms with van der Waals surface area (Å²) in [6.45, 7) is 11.6. The molecule has 2 unspecified atom stereocenters. The van der Waals surface area contributed by atoms with E-state index < -0.39 is 23.8 Å². The lowest BCUT2D eigenvalue weighted by Gasteiger charge is -2.35. The Morgan fingerprint density at radius 1 is 1.00 bits per heavy atom. The molecule has 2 N–H and O–H groups in total. The van der Waals surface area contributed by atoms with Crippen molar-refractivity contribution in [2.45, 2.75) is 129 Å². The zero-order valence-corrected chi connectivity index (χ0v) is 23.9. The minimum absolute atomic E-state index is 0.132. The highest BCUT2D eigenvalue weighted by Crippen LogP contribution is 2.26. The fourth-order valence-corrected chi connectivity index (χ4v) is 4.80. The maximum Gasteiger partial charge on any atom is 0.408 e. The van der Waals surface area contributed by atoms with E-state index in [-0.39, 0.29) is 17.9 Å². The molecular weight excluding hydrogens is 466 g/mol. The minimum atomic E-state index is -0.832. The minimum Gasteiger partial charge on any atom is -0.444 e. The molecule has 1 aliphatic rings. The van der Waals surface area contributed by atoms with Gasteiger partial charge in [-0.3, -0.25) is 9.59 Å². The van der Waals surface area contributed by atoms with Crippen LogP contribution in [0.15, 0.2) is 24.3 Å². The van der Waals surface area contributed by atoms with Crippen molar-refractivity contribution in [2.75, 3.05) is 6.54 Å². The van der Waals surface area contributed by atoms with Gasteiger partial charge >= 0.3 is 6.09 Å². The third-order valence-electron chi connectivity index (χ3n) is 6.79. The molecule has 0 spiro atoms. The monoisotopic (exact) mass is 515 g/mol. The number of rotatable bonds is 12. The Kier molecular flexibility index (Phi) is 12.4. The van der Waals surface area contributed by atoms with E-state index in [1.807, 2.05) is 31.2 Å². The van der Waals surface area contributed by atoms with Gasteiger partial charge in [-0.15, -0.1) is 0 Å². The Morgan fingerprint density at radius 3 is 2.22 bits per heavy atom. The Balaban J connectivity index is 2.32. The van der Waals surface area contributed by atoms with Crippen molar-refractivity contribution < 1.29 is 19.1 Å². The van der Waals surface area contributed by atoms with Gasteiger partial charge in [-0.25, -0.2) is 4.79 Å². The lowest BCUT2D eigenvalue weighted by molar-refractivity contribution is -0.142. The van der Waals surface area contributed by atoms with Crippen molar-refractivity contribution in [3.63, 3.8) is 0 Å². The number of unbranched alkanes of at least 4 members (excludes halogenated alkanes) is 4. The molecule has 7 heteroatoms. The lowest BCUT2D eigenvalue weighted by atomic mass is 9.94. The molecule has 37 heavy (non-hydrogen) atoms. The van der Waals surface area contributed by atoms with E-state index in [9.17, 15) is 14.4 Å². The van der Waals surface area contributed by atoms with Gasteiger partial charge < -0.3 is 20.3 Å². The summed E-state index contributed by atoms with van der Waals surface area (Å²) in [6.07, 6.45) is 9.85. The number of ether oxygens (including phenoxy) is 1. The van der Waals surface area contributed by atoms with Crippen LogP contribution in [-0.4, -0.2) is 47.0 Å². The number of nitrogens with one attached hydrogen (secondary N) is 2. The van der Waals surface area contributed by atoms with E-state index in [1.165, 1.54) is 6.42 Å². The van der Waals surface area contributed by atoms with Gasteiger partial charge in [-0.1, -0.05) is 81.7 Å². The summed E-state index contributed by atoms with van der Waals surface area (Å²) in [7, 11) is 0. The van der Waals surface area contributed by atoms with Crippen molar-refractivity contribution >= 4 is 17.9 Å². The largest absolute Gasteiger partial charge is 0.444 e. The number of hydrogen-bond acceptors (Lipinski definition) is 4. The summed E-state index contributed by atoms with van der Waals surface area (Å²) in [5.41, 5.74) is 1.20. The molecule has 1 aromatic rings. The van der Waals surface area contributed by atoms with Gasteiger partial charge in [-0.05, 0) is 59.4 Å². The van der Waals surface area contributed by atoms with Crippen molar-refractivity contribution in [1.82, 2.24) is 15.5 Å². The van der Waals surface area contributed by atoms with Gasteiger partial charge in [0.2, 0.25) is 11.8 Å². The highest BCUT2D eigenvalue weighted by molar-refractivity contribution is 5.92. The van der Waals surface area contributed by atoms with Gasteiger partial charge in [0.05, 0.1) is 0 Å². The Labute approximate surface area is 224 Å². The molecule has 2 atom stereocenters. The van der Waals surface area contributed by atoms with Gasteiger partial charge in [0.1, 0.15) is 17.7 Å². The molecule has 208 valence electrons. The molecule has 0 bridgehead atoms. The second-order valence-electron chi connectivity index (χ2n) is 11.5. The first kappa shape index (κ1) is 30.7. The fraction of sp³-hybridized carbons (Fsp3) is 0.700. The average Bonchev–Trinajstić information content (AvgIpc) is 2.83. The molecule has 0 aliphatic heterocycles. The number of carbonyl (C=O) groups is 3. The van der Waals surface area contributed by atoms with E-state index in [4.69, 9.17) is 4.74 Å². The molecule has 0 saturated heterocycles. The first-order valence-electron chi connectivity index (χ1n) is 14.2. The molecule has 1 saturated carbocycles. The van der Waals surface area contributed by atoms with Crippen LogP contribution in [0.25, 0.3) is 0 Å². The van der Waals surface area contributed by atoms with Crippen LogP contribution < -0.4 is 10.6 Å². The lowest BCUT2D eigenvalue weighted by Crippen LogP contribution is -2.53. The van der Waals surface area contributed by atoms with Crippen LogP contribution in [0.1, 0.15) is 116 Å². The predicted octanol–water partition coefficient (Wildman–Crippen LogP) is 6.20. The molecule has 0 heterocycles. The first-order chi connectivity index (χ1) is 17.5. The topological polar surface area (TPSA) is 87.7 Å². The van der Waals surface area contributed by atoms with Crippen LogP contribution >= 0.6 is 0 Å². The summed E-state index contributed by atoms with van der Waals surface area (Å²) in [6, 6.07) is 6.36. The zero-order valence-electron chi connectivity index (χ0n) is 23.9. The second-order valence-corrected chi connectivity index (χ2v) is 11.5. The number of nitrogens with zero attached hydrogens (tertiary/aromatic N) is 1. The SMILES string of the molecule is CCCCCCCN(C(=O)C(C)NC(=O)OC(C)(C)C)C(C(=O)NC1CCCCC1)c1ccc(C)cc1. The van der Waals surface area contributed by atoms with Crippen LogP contribution in [0, 0.1) is 6.92 Å². The molecule has 0 radical (unpaired) electrons. The maximum atomic E-state index is 13.8. The van der Waals surface area contributed by atoms with Gasteiger partial charge in [0.15, 0.2) is 0 Å². The molecule has 2 rings (SSSR count). The molecule has 7 nitrogen and oxygen atoms in total. The average molecular weight is 516 g/mol. The molecular formula is C30H49N3O4. The van der Waals surface area contributed by atoms with Crippen LogP contribution in [0.3, 0.4) is 0 Å². The highest BCUT2D eigenvalue weighted by atomic mass is 16.6. The van der Waals surface area contributed by atoms with E-state index in [2.05, 4.69) is 17.6 Å². The second kappa shape index (κ2) is 15.0. The third kappa shape index (κ3) is 10.7. The van der Waals surface area contributed by atoms with Crippen molar-refractivity contribution in [2.24, 2.45) is 0 Å². The van der Waals surface area contributed by atoms with Gasteiger partial charge in [0, 0.05) is 12.6 Å². The molecule has 1 aromatic carbocycles. The molecule has 0 aromatic heterocycles. The van der Waals surface area contributed by atoms with E-state index in [0.717, 1.165) is 68.9 Å². The Bertz CT molecular complexity index is 857. The van der Waals surface area contributed by atoms with Crippen LogP contribution in [0.4, 0.5) is 4.79 Å². The van der Waals surface area contributed by atoms with E-state index >= 15 is 0 Å². The van der Waals surface area contributed by atoms with Crippen molar-refractivity contribution in [3.05, 3.63) is 35.4 Å². The van der Waals surface area contributed by atoms with E-state index in [1.54, 1.807) is 32.6 Å². The highest BCUT2D eigenvalue weighted by Gasteiger charge is 2.35. The van der Waals surface area contributed by atoms with Crippen LogP contribution in [-0.2, 0) is 14.3 Å². The summed E-state index contributed by atoms with van der Waals surface area (Å²) in [4.78, 5) is 41.7. The maximum absolute atomic E-state index is 13.8. The Hall–Kier alpha value is -2.57. The summed E-state index contributed by atoms with van der Waals surface area (Å²) in [5, 5.41) is 5.92. The number of aryl methyl sites for hydroxylation is 1. The number of carbonyl (C=O) groups excluding carboxylic acids is 3. The molecule has 1 fully saturated rings. The fourth-order valence-electron chi connectivity index (χ4n) is 4.80. The third-order valence-corrected chi connectivity index (χ3v) is 6.79. The predicted molar refractivity (Wildman–Crippen MR) is 148 cm³/mol. The number of alkyl carbamates (subject to hydrolysis) is 1. The summed E-state index contributed by atoms with van der Waals surface area (Å²) in [5.74, 6) is -0.437. The Morgan fingerprint density at radius 2 is 1.62 bits per heavy atom. The normalized spacial score (nSPS) is 15.9. The number of benzene rings is 1. The standard InChI is InChI=1S/C30H49N3O4/c1-7-8-9-10-14-21-33(28(35)23(3)31-29(36)37-30(4,5)6)26(24-19-17-22(2)18-20-24)27(34)32-25-15-12-11-13-16-25/h17-20,23,25-26H,7-16,21H2,1-6H3,(H,31,36)(H,32,34). The summed E-state index contributed by atoms with van der Waals surface area (Å²) < 4.78 is 5.37. The van der Waals surface area contributed by atoms with Crippen molar-refractivity contribution in [1.29, 1.82) is 0 Å². The van der Waals surface area contributed by atoms with E-state index in [0.29, 0.717) is 6.54 Å². The van der Waals surface area contributed by atoms with Gasteiger partial charge in [-0.2, -0.15) is 0 Å². The van der Waals surface area contributed by atoms with Crippen molar-refractivity contribution in [3.8, 4) is 0 Å².